The van der Waals surface area contributed by atoms with Gasteiger partial charge in [-0.25, -0.2) is 9.97 Å². The first-order chi connectivity index (χ1) is 24.0. The second-order valence-electron chi connectivity index (χ2n) is 13.0. The van der Waals surface area contributed by atoms with Gasteiger partial charge in [0.05, 0.1) is 34.7 Å². The van der Waals surface area contributed by atoms with Crippen LogP contribution in [0.15, 0.2) is 91.0 Å². The number of carbonyl (C=O) groups excluding carboxylic acids is 2. The highest BCUT2D eigenvalue weighted by Gasteiger charge is 2.34. The fourth-order valence-electron chi connectivity index (χ4n) is 7.33. The number of aromatic nitrogens is 4. The highest BCUT2D eigenvalue weighted by Crippen LogP contribution is 2.36. The second kappa shape index (κ2) is 12.8. The third kappa shape index (κ3) is 5.70. The third-order valence-corrected chi connectivity index (χ3v) is 9.80. The Hall–Kier alpha value is -5.54. The topological polar surface area (TPSA) is 118 Å². The molecule has 0 radical (unpaired) electrons. The number of nitrogens with zero attached hydrogens (tertiary/aromatic N) is 4. The number of piperidine rings is 1. The molecule has 0 spiro atoms. The van der Waals surface area contributed by atoms with Crippen molar-refractivity contribution in [2.75, 3.05) is 13.1 Å². The Bertz CT molecular complexity index is 2330. The van der Waals surface area contributed by atoms with Gasteiger partial charge in [0.25, 0.3) is 5.91 Å². The van der Waals surface area contributed by atoms with Crippen molar-refractivity contribution in [2.24, 2.45) is 0 Å². The highest BCUT2D eigenvalue weighted by molar-refractivity contribution is 6.07. The van der Waals surface area contributed by atoms with Crippen LogP contribution in [-0.4, -0.2) is 60.2 Å². The predicted octanol–water partition coefficient (Wildman–Crippen LogP) is 7.57. The number of rotatable bonds is 9. The maximum absolute atomic E-state index is 13.5. The Morgan fingerprint density at radius 2 is 1.57 bits per heavy atom. The summed E-state index contributed by atoms with van der Waals surface area (Å²) in [4.78, 5) is 45.3. The van der Waals surface area contributed by atoms with Gasteiger partial charge in [0.1, 0.15) is 11.6 Å². The predicted molar refractivity (Wildman–Crippen MR) is 193 cm³/mol. The number of hydrogen-bond donors (Lipinski definition) is 3. The Balaban J connectivity index is 1.09. The normalized spacial score (nSPS) is 15.7. The quantitative estimate of drug-likeness (QED) is 0.139. The lowest BCUT2D eigenvalue weighted by Crippen LogP contribution is -2.41. The van der Waals surface area contributed by atoms with Gasteiger partial charge < -0.3 is 24.9 Å². The van der Waals surface area contributed by atoms with Crippen molar-refractivity contribution < 1.29 is 14.7 Å². The number of nitrogens with one attached hydrogen (secondary N) is 2. The second-order valence-corrected chi connectivity index (χ2v) is 13.0. The molecule has 246 valence electrons. The number of aliphatic hydroxyl groups excluding tert-OH is 1. The number of amides is 2. The van der Waals surface area contributed by atoms with Crippen LogP contribution in [0.3, 0.4) is 0 Å². The molecule has 0 bridgehead atoms. The number of likely N-dealkylation sites (tertiary alicyclic amines) is 1. The van der Waals surface area contributed by atoms with Gasteiger partial charge in [-0.15, -0.1) is 0 Å². The number of aliphatic hydroxyl groups is 1. The molecule has 3 heterocycles. The molecule has 2 aromatic heterocycles. The van der Waals surface area contributed by atoms with Gasteiger partial charge in [0.15, 0.2) is 6.10 Å². The standard InChI is InChI=1S/C40H38N6O3/c1-2-19-45(24-47)23-35-41-32-17-13-28-21-26(11-15-30(28)36(32)43-35)27-12-16-31-29(22-27)14-18-33-37(31)44-39(42-33)34-10-6-7-20-46(34)40(49)38(48)25-8-4-3-5-9-25/h3-5,8-9,11-18,21-22,24,34,38,48H,2,6-7,10,19-20,23H2,1H3,(H,41,43)(H,42,44)/t34-,38+/m0/s1. The van der Waals surface area contributed by atoms with Gasteiger partial charge >= 0.3 is 0 Å². The largest absolute Gasteiger partial charge is 0.378 e. The zero-order valence-electron chi connectivity index (χ0n) is 27.4. The Morgan fingerprint density at radius 1 is 0.898 bits per heavy atom. The van der Waals surface area contributed by atoms with Crippen LogP contribution in [0.4, 0.5) is 0 Å². The van der Waals surface area contributed by atoms with Crippen LogP contribution in [0.2, 0.25) is 0 Å². The van der Waals surface area contributed by atoms with Crippen molar-refractivity contribution >= 4 is 55.9 Å². The van der Waals surface area contributed by atoms with Crippen LogP contribution in [-0.2, 0) is 16.1 Å². The minimum Gasteiger partial charge on any atom is -0.378 e. The average molecular weight is 651 g/mol. The fraction of sp³-hybridized carbons (Fsp3) is 0.250. The van der Waals surface area contributed by atoms with Crippen LogP contribution in [0, 0.1) is 0 Å². The molecule has 0 unspecified atom stereocenters. The van der Waals surface area contributed by atoms with Crippen LogP contribution in [0.1, 0.15) is 62.0 Å². The molecular formula is C40H38N6O3. The summed E-state index contributed by atoms with van der Waals surface area (Å²) in [6.45, 7) is 3.80. The van der Waals surface area contributed by atoms with E-state index in [0.29, 0.717) is 25.2 Å². The molecule has 1 saturated heterocycles. The van der Waals surface area contributed by atoms with Gasteiger partial charge in [-0.1, -0.05) is 73.7 Å². The van der Waals surface area contributed by atoms with E-state index >= 15 is 0 Å². The minimum atomic E-state index is -1.20. The van der Waals surface area contributed by atoms with Gasteiger partial charge in [0, 0.05) is 23.9 Å². The first-order valence-electron chi connectivity index (χ1n) is 17.1. The fourth-order valence-corrected chi connectivity index (χ4v) is 7.33. The monoisotopic (exact) mass is 650 g/mol. The summed E-state index contributed by atoms with van der Waals surface area (Å²) in [6.07, 6.45) is 3.26. The highest BCUT2D eigenvalue weighted by atomic mass is 16.3. The molecule has 0 saturated carbocycles. The van der Waals surface area contributed by atoms with Crippen LogP contribution in [0.25, 0.3) is 54.7 Å². The lowest BCUT2D eigenvalue weighted by atomic mass is 9.98. The molecule has 9 heteroatoms. The summed E-state index contributed by atoms with van der Waals surface area (Å²) in [7, 11) is 0. The van der Waals surface area contributed by atoms with Gasteiger partial charge in [-0.3, -0.25) is 9.59 Å². The Labute approximate surface area is 283 Å². The molecule has 7 aromatic rings. The van der Waals surface area contributed by atoms with E-state index in [0.717, 1.165) is 98.5 Å². The molecule has 5 aromatic carbocycles. The Morgan fingerprint density at radius 3 is 2.24 bits per heavy atom. The molecule has 1 aliphatic rings. The van der Waals surface area contributed by atoms with E-state index in [4.69, 9.17) is 9.97 Å². The van der Waals surface area contributed by atoms with E-state index in [-0.39, 0.29) is 11.9 Å². The van der Waals surface area contributed by atoms with E-state index in [1.54, 1.807) is 21.9 Å². The first-order valence-corrected chi connectivity index (χ1v) is 17.1. The van der Waals surface area contributed by atoms with Crippen molar-refractivity contribution in [3.05, 3.63) is 108 Å². The molecule has 3 N–H and O–H groups in total. The molecule has 49 heavy (non-hydrogen) atoms. The average Bonchev–Trinajstić information content (AvgIpc) is 3.78. The van der Waals surface area contributed by atoms with Crippen LogP contribution in [0.5, 0.6) is 0 Å². The lowest BCUT2D eigenvalue weighted by molar-refractivity contribution is -0.144. The summed E-state index contributed by atoms with van der Waals surface area (Å²) in [5.41, 5.74) is 6.48. The number of carbonyl (C=O) groups is 2. The summed E-state index contributed by atoms with van der Waals surface area (Å²) in [5, 5.41) is 15.2. The molecule has 1 fully saturated rings. The molecule has 9 nitrogen and oxygen atoms in total. The Kier molecular flexibility index (Phi) is 8.05. The van der Waals surface area contributed by atoms with E-state index in [2.05, 4.69) is 77.6 Å². The maximum atomic E-state index is 13.5. The molecule has 8 rings (SSSR count). The lowest BCUT2D eigenvalue weighted by Gasteiger charge is -2.35. The van der Waals surface area contributed by atoms with Gasteiger partial charge in [0.2, 0.25) is 6.41 Å². The molecular weight excluding hydrogens is 612 g/mol. The number of fused-ring (bicyclic) bond motifs is 6. The minimum absolute atomic E-state index is 0.226. The molecule has 0 aliphatic carbocycles. The number of benzene rings is 5. The van der Waals surface area contributed by atoms with Gasteiger partial charge in [-0.05, 0) is 77.4 Å². The van der Waals surface area contributed by atoms with Crippen LogP contribution < -0.4 is 0 Å². The molecule has 1 aliphatic heterocycles. The molecule has 2 amide bonds. The zero-order chi connectivity index (χ0) is 33.5. The third-order valence-electron chi connectivity index (χ3n) is 9.80. The first kappa shape index (κ1) is 30.8. The van der Waals surface area contributed by atoms with E-state index in [1.165, 1.54) is 0 Å². The van der Waals surface area contributed by atoms with Crippen LogP contribution >= 0.6 is 0 Å². The van der Waals surface area contributed by atoms with Crippen molar-refractivity contribution in [3.63, 3.8) is 0 Å². The van der Waals surface area contributed by atoms with Crippen molar-refractivity contribution in [2.45, 2.75) is 51.3 Å². The van der Waals surface area contributed by atoms with E-state index < -0.39 is 6.10 Å². The van der Waals surface area contributed by atoms with Crippen molar-refractivity contribution in [1.82, 2.24) is 29.7 Å². The summed E-state index contributed by atoms with van der Waals surface area (Å²) in [6, 6.07) is 30.2. The smallest absolute Gasteiger partial charge is 0.256 e. The number of imidazole rings is 2. The van der Waals surface area contributed by atoms with E-state index in [1.807, 2.05) is 18.2 Å². The van der Waals surface area contributed by atoms with E-state index in [9.17, 15) is 14.7 Å². The maximum Gasteiger partial charge on any atom is 0.256 e. The van der Waals surface area contributed by atoms with Gasteiger partial charge in [-0.2, -0.15) is 0 Å². The van der Waals surface area contributed by atoms with Crippen molar-refractivity contribution in [3.8, 4) is 11.1 Å². The summed E-state index contributed by atoms with van der Waals surface area (Å²) < 4.78 is 0. The SMILES string of the molecule is CCCN(C=O)Cc1nc2c(ccc3cc(-c4ccc5c(ccc6[nH]c([C@@H]7CCCCN7C(=O)[C@H](O)c7ccccc7)nc65)c4)ccc32)[nH]1. The zero-order valence-corrected chi connectivity index (χ0v) is 27.4. The number of H-pyrrole nitrogens is 2. The van der Waals surface area contributed by atoms with Crippen molar-refractivity contribution in [1.29, 1.82) is 0 Å². The number of aromatic amines is 2. The summed E-state index contributed by atoms with van der Waals surface area (Å²) in [5.74, 6) is 1.25. The molecule has 2 atom stereocenters. The number of hydrogen-bond acceptors (Lipinski definition) is 5. The summed E-state index contributed by atoms with van der Waals surface area (Å²) >= 11 is 0.